The van der Waals surface area contributed by atoms with E-state index in [9.17, 15) is 9.59 Å². The molecule has 0 radical (unpaired) electrons. The Morgan fingerprint density at radius 2 is 1.81 bits per heavy atom. The maximum absolute atomic E-state index is 13.4. The Morgan fingerprint density at radius 3 is 2.48 bits per heavy atom. The minimum absolute atomic E-state index is 0.0502. The molecule has 1 aliphatic heterocycles. The van der Waals surface area contributed by atoms with Crippen molar-refractivity contribution in [2.24, 2.45) is 0 Å². The second-order valence-electron chi connectivity index (χ2n) is 7.99. The molecule has 5 nitrogen and oxygen atoms in total. The molecule has 4 rings (SSSR count). The Bertz CT molecular complexity index is 1180. The monoisotopic (exact) mass is 451 g/mol. The van der Waals surface area contributed by atoms with Crippen molar-refractivity contribution in [2.75, 3.05) is 11.1 Å². The number of benzene rings is 2. The number of carbonyl (C=O) groups is 1. The van der Waals surface area contributed by atoms with E-state index in [4.69, 9.17) is 4.98 Å². The highest BCUT2D eigenvalue weighted by atomic mass is 32.2. The van der Waals surface area contributed by atoms with Crippen LogP contribution >= 0.6 is 23.5 Å². The number of rotatable bonds is 5. The molecule has 1 atom stereocenters. The van der Waals surface area contributed by atoms with Gasteiger partial charge in [0.1, 0.15) is 0 Å². The maximum Gasteiger partial charge on any atom is 0.272 e. The Labute approximate surface area is 190 Å². The zero-order chi connectivity index (χ0) is 22.1. The third-order valence-electron chi connectivity index (χ3n) is 5.01. The lowest BCUT2D eigenvalue weighted by molar-refractivity contribution is -0.113. The molecule has 2 heterocycles. The normalized spacial score (nSPS) is 15.0. The topological polar surface area (TPSA) is 64.0 Å². The maximum atomic E-state index is 13.4. The highest BCUT2D eigenvalue weighted by molar-refractivity contribution is 8.00. The van der Waals surface area contributed by atoms with E-state index >= 15 is 0 Å². The highest BCUT2D eigenvalue weighted by Gasteiger charge is 2.27. The lowest BCUT2D eigenvalue weighted by Gasteiger charge is -2.15. The van der Waals surface area contributed by atoms with Gasteiger partial charge in [0.25, 0.3) is 5.56 Å². The summed E-state index contributed by atoms with van der Waals surface area (Å²) in [6.07, 6.45) is 0.770. The first-order valence-corrected chi connectivity index (χ1v) is 12.1. The molecule has 1 aliphatic rings. The van der Waals surface area contributed by atoms with Gasteiger partial charge in [-0.05, 0) is 56.2 Å². The number of hydrogen-bond acceptors (Lipinski definition) is 5. The van der Waals surface area contributed by atoms with Crippen LogP contribution in [-0.2, 0) is 11.2 Å². The van der Waals surface area contributed by atoms with Crippen molar-refractivity contribution < 1.29 is 4.79 Å². The number of hydrogen-bond donors (Lipinski definition) is 1. The molecule has 1 amide bonds. The van der Waals surface area contributed by atoms with Crippen LogP contribution in [-0.4, -0.2) is 26.5 Å². The highest BCUT2D eigenvalue weighted by Crippen LogP contribution is 2.35. The van der Waals surface area contributed by atoms with E-state index in [0.717, 1.165) is 45.1 Å². The molecule has 0 aliphatic carbocycles. The minimum Gasteiger partial charge on any atom is -0.325 e. The number of carbonyl (C=O) groups excluding carboxylic acids is 1. The number of anilines is 1. The Morgan fingerprint density at radius 1 is 1.13 bits per heavy atom. The minimum atomic E-state index is -0.127. The van der Waals surface area contributed by atoms with Crippen LogP contribution < -0.4 is 10.9 Å². The average Bonchev–Trinajstić information content (AvgIpc) is 3.08. The Hall–Kier alpha value is -2.51. The quantitative estimate of drug-likeness (QED) is 0.440. The summed E-state index contributed by atoms with van der Waals surface area (Å²) in [5.41, 5.74) is 5.64. The molecule has 0 fully saturated rings. The van der Waals surface area contributed by atoms with Crippen LogP contribution in [0.3, 0.4) is 0 Å². The predicted molar refractivity (Wildman–Crippen MR) is 129 cm³/mol. The van der Waals surface area contributed by atoms with Gasteiger partial charge in [0.05, 0.1) is 22.0 Å². The number of aromatic nitrogens is 2. The Kier molecular flexibility index (Phi) is 6.25. The zero-order valence-electron chi connectivity index (χ0n) is 18.1. The van der Waals surface area contributed by atoms with E-state index in [1.54, 1.807) is 16.3 Å². The molecule has 1 unspecified atom stereocenters. The van der Waals surface area contributed by atoms with Crippen molar-refractivity contribution in [2.45, 2.75) is 49.4 Å². The summed E-state index contributed by atoms with van der Waals surface area (Å²) in [4.78, 5) is 31.5. The van der Waals surface area contributed by atoms with Gasteiger partial charge < -0.3 is 5.32 Å². The number of fused-ring (bicyclic) bond motifs is 1. The predicted octanol–water partition coefficient (Wildman–Crippen LogP) is 4.93. The largest absolute Gasteiger partial charge is 0.325 e. The van der Waals surface area contributed by atoms with Crippen molar-refractivity contribution >= 4 is 35.1 Å². The summed E-state index contributed by atoms with van der Waals surface area (Å²) in [6, 6.07) is 13.7. The van der Waals surface area contributed by atoms with Gasteiger partial charge in [-0.3, -0.25) is 14.2 Å². The number of thioether (sulfide) groups is 2. The van der Waals surface area contributed by atoms with Crippen molar-refractivity contribution in [1.29, 1.82) is 0 Å². The van der Waals surface area contributed by atoms with Crippen LogP contribution in [0, 0.1) is 20.8 Å². The van der Waals surface area contributed by atoms with Gasteiger partial charge in [-0.25, -0.2) is 4.98 Å². The van der Waals surface area contributed by atoms with E-state index in [2.05, 4.69) is 18.3 Å². The molecule has 160 valence electrons. The molecule has 2 aromatic carbocycles. The van der Waals surface area contributed by atoms with Gasteiger partial charge >= 0.3 is 0 Å². The van der Waals surface area contributed by atoms with Crippen LogP contribution in [0.4, 0.5) is 5.69 Å². The summed E-state index contributed by atoms with van der Waals surface area (Å²) >= 11 is 2.88. The van der Waals surface area contributed by atoms with E-state index < -0.39 is 0 Å². The number of aryl methyl sites for hydroxylation is 3. The van der Waals surface area contributed by atoms with E-state index in [-0.39, 0.29) is 17.2 Å². The van der Waals surface area contributed by atoms with Gasteiger partial charge in [0.2, 0.25) is 5.91 Å². The summed E-state index contributed by atoms with van der Waals surface area (Å²) in [5.74, 6) is 0.0467. The first kappa shape index (κ1) is 21.7. The molecule has 1 aromatic heterocycles. The molecule has 1 N–H and O–H groups in total. The van der Waals surface area contributed by atoms with Crippen LogP contribution in [0.2, 0.25) is 0 Å². The number of amides is 1. The van der Waals surface area contributed by atoms with Crippen LogP contribution in [0.1, 0.15) is 29.3 Å². The molecule has 0 spiro atoms. The fourth-order valence-corrected chi connectivity index (χ4v) is 5.59. The smallest absolute Gasteiger partial charge is 0.272 e. The molecule has 7 heteroatoms. The van der Waals surface area contributed by atoms with Gasteiger partial charge in [-0.2, -0.15) is 0 Å². The zero-order valence-corrected chi connectivity index (χ0v) is 19.7. The van der Waals surface area contributed by atoms with Gasteiger partial charge in [0.15, 0.2) is 5.16 Å². The van der Waals surface area contributed by atoms with Gasteiger partial charge in [0, 0.05) is 17.4 Å². The first-order valence-electron chi connectivity index (χ1n) is 10.2. The molecular weight excluding hydrogens is 426 g/mol. The standard InChI is InChI=1S/C24H25N3O2S2/c1-14-5-7-18(8-6-14)25-21(28)13-30-24-26-20-12-17(4)31-22(20)23(29)27(24)19-10-15(2)9-16(3)11-19/h5-11,17H,12-13H2,1-4H3,(H,25,28). The van der Waals surface area contributed by atoms with E-state index in [1.165, 1.54) is 11.8 Å². The summed E-state index contributed by atoms with van der Waals surface area (Å²) in [6.45, 7) is 8.14. The van der Waals surface area contributed by atoms with E-state index in [0.29, 0.717) is 10.4 Å². The summed E-state index contributed by atoms with van der Waals surface area (Å²) in [5, 5.41) is 3.80. The lowest BCUT2D eigenvalue weighted by atomic mass is 10.1. The summed E-state index contributed by atoms with van der Waals surface area (Å²) in [7, 11) is 0. The second kappa shape index (κ2) is 8.93. The average molecular weight is 452 g/mol. The lowest BCUT2D eigenvalue weighted by Crippen LogP contribution is -2.25. The fraction of sp³-hybridized carbons (Fsp3) is 0.292. The molecule has 31 heavy (non-hydrogen) atoms. The van der Waals surface area contributed by atoms with E-state index in [1.807, 2.05) is 57.2 Å². The van der Waals surface area contributed by atoms with Crippen molar-refractivity contribution in [1.82, 2.24) is 9.55 Å². The van der Waals surface area contributed by atoms with Crippen molar-refractivity contribution in [3.63, 3.8) is 0 Å². The van der Waals surface area contributed by atoms with Crippen molar-refractivity contribution in [3.8, 4) is 5.69 Å². The van der Waals surface area contributed by atoms with Crippen LogP contribution in [0.5, 0.6) is 0 Å². The number of nitrogens with one attached hydrogen (secondary N) is 1. The summed E-state index contributed by atoms with van der Waals surface area (Å²) < 4.78 is 1.66. The Balaban J connectivity index is 1.65. The molecule has 3 aromatic rings. The SMILES string of the molecule is Cc1ccc(NC(=O)CSc2nc3c(c(=O)n2-c2cc(C)cc(C)c2)SC(C)C3)cc1. The van der Waals surface area contributed by atoms with Crippen LogP contribution in [0.15, 0.2) is 57.3 Å². The van der Waals surface area contributed by atoms with Gasteiger partial charge in [-0.15, -0.1) is 11.8 Å². The van der Waals surface area contributed by atoms with Gasteiger partial charge in [-0.1, -0.05) is 42.4 Å². The first-order chi connectivity index (χ1) is 14.8. The fourth-order valence-electron chi connectivity index (χ4n) is 3.67. The third kappa shape index (κ3) is 4.88. The molecule has 0 bridgehead atoms. The molecular formula is C24H25N3O2S2. The van der Waals surface area contributed by atoms with Crippen molar-refractivity contribution in [3.05, 3.63) is 75.2 Å². The molecule has 0 saturated heterocycles. The number of nitrogens with zero attached hydrogens (tertiary/aromatic N) is 2. The molecule has 0 saturated carbocycles. The second-order valence-corrected chi connectivity index (χ2v) is 10.4. The third-order valence-corrected chi connectivity index (χ3v) is 7.17. The van der Waals surface area contributed by atoms with Crippen LogP contribution in [0.25, 0.3) is 5.69 Å².